The van der Waals surface area contributed by atoms with Crippen molar-refractivity contribution in [2.75, 3.05) is 13.1 Å². The minimum atomic E-state index is -0.419. The lowest BCUT2D eigenvalue weighted by molar-refractivity contribution is -0.133. The van der Waals surface area contributed by atoms with Crippen LogP contribution in [0.25, 0.3) is 5.69 Å². The number of carbonyl (C=O) groups excluding carboxylic acids is 3. The molecule has 124 valence electrons. The summed E-state index contributed by atoms with van der Waals surface area (Å²) in [7, 11) is 0. The van der Waals surface area contributed by atoms with Crippen LogP contribution in [-0.2, 0) is 9.59 Å². The highest BCUT2D eigenvalue weighted by Gasteiger charge is 2.22. The van der Waals surface area contributed by atoms with Crippen LogP contribution in [0.4, 0.5) is 0 Å². The van der Waals surface area contributed by atoms with Crippen molar-refractivity contribution in [1.82, 2.24) is 20.3 Å². The van der Waals surface area contributed by atoms with Crippen LogP contribution >= 0.6 is 0 Å². The van der Waals surface area contributed by atoms with Crippen LogP contribution in [0, 0.1) is 0 Å². The van der Waals surface area contributed by atoms with E-state index in [2.05, 4.69) is 10.9 Å². The number of para-hydroxylation sites is 1. The van der Waals surface area contributed by atoms with Gasteiger partial charge in [0, 0.05) is 25.4 Å². The summed E-state index contributed by atoms with van der Waals surface area (Å²) in [6, 6.07) is 10.8. The molecule has 0 aliphatic carbocycles. The maximum Gasteiger partial charge on any atom is 0.271 e. The van der Waals surface area contributed by atoms with Crippen LogP contribution in [0.2, 0.25) is 0 Å². The van der Waals surface area contributed by atoms with Gasteiger partial charge in [0.25, 0.3) is 11.8 Å². The first-order chi connectivity index (χ1) is 11.6. The molecule has 1 aromatic carbocycles. The van der Waals surface area contributed by atoms with E-state index in [1.165, 1.54) is 4.90 Å². The molecule has 0 saturated carbocycles. The fraction of sp³-hybridized carbons (Fsp3) is 0.235. The summed E-state index contributed by atoms with van der Waals surface area (Å²) >= 11 is 0. The van der Waals surface area contributed by atoms with Gasteiger partial charge in [0.15, 0.2) is 0 Å². The number of amides is 3. The van der Waals surface area contributed by atoms with Gasteiger partial charge in [0.2, 0.25) is 5.91 Å². The molecule has 0 radical (unpaired) electrons. The molecule has 2 heterocycles. The van der Waals surface area contributed by atoms with Gasteiger partial charge in [-0.2, -0.15) is 0 Å². The van der Waals surface area contributed by atoms with E-state index in [0.717, 1.165) is 6.42 Å². The number of benzene rings is 1. The minimum absolute atomic E-state index is 0.0329. The van der Waals surface area contributed by atoms with E-state index in [-0.39, 0.29) is 12.5 Å². The topological polar surface area (TPSA) is 83.4 Å². The van der Waals surface area contributed by atoms with Crippen molar-refractivity contribution in [3.05, 3.63) is 54.4 Å². The summed E-state index contributed by atoms with van der Waals surface area (Å²) < 4.78 is 1.82. The van der Waals surface area contributed by atoms with Crippen LogP contribution in [0.5, 0.6) is 0 Å². The molecule has 1 aromatic heterocycles. The number of rotatable bonds is 4. The molecule has 0 spiro atoms. The summed E-state index contributed by atoms with van der Waals surface area (Å²) in [6.07, 6.45) is 4.92. The van der Waals surface area contributed by atoms with Crippen molar-refractivity contribution >= 4 is 17.7 Å². The highest BCUT2D eigenvalue weighted by Crippen LogP contribution is 2.14. The van der Waals surface area contributed by atoms with Gasteiger partial charge in [-0.1, -0.05) is 12.1 Å². The Morgan fingerprint density at radius 1 is 1.04 bits per heavy atom. The molecule has 2 N–H and O–H groups in total. The van der Waals surface area contributed by atoms with Gasteiger partial charge < -0.3 is 9.47 Å². The number of nitrogens with one attached hydrogen (secondary N) is 2. The molecule has 3 rings (SSSR count). The number of hydrogen-bond donors (Lipinski definition) is 2. The van der Waals surface area contributed by atoms with Crippen molar-refractivity contribution in [3.63, 3.8) is 0 Å². The summed E-state index contributed by atoms with van der Waals surface area (Å²) in [6.45, 7) is 0.537. The highest BCUT2D eigenvalue weighted by molar-refractivity contribution is 5.99. The average Bonchev–Trinajstić information content (AvgIpc) is 3.25. The Morgan fingerprint density at radius 3 is 2.50 bits per heavy atom. The third-order valence-electron chi connectivity index (χ3n) is 3.85. The van der Waals surface area contributed by atoms with Crippen molar-refractivity contribution in [2.45, 2.75) is 12.8 Å². The molecular formula is C17H18N4O3. The van der Waals surface area contributed by atoms with Crippen LogP contribution in [0.15, 0.2) is 48.8 Å². The Kier molecular flexibility index (Phi) is 4.60. The second-order valence-corrected chi connectivity index (χ2v) is 5.53. The molecule has 1 aliphatic heterocycles. The number of aromatic nitrogens is 1. The third-order valence-corrected chi connectivity index (χ3v) is 3.85. The summed E-state index contributed by atoms with van der Waals surface area (Å²) in [4.78, 5) is 37.2. The first-order valence-electron chi connectivity index (χ1n) is 7.74. The van der Waals surface area contributed by atoms with E-state index < -0.39 is 11.8 Å². The smallest absolute Gasteiger partial charge is 0.271 e. The van der Waals surface area contributed by atoms with E-state index in [1.807, 2.05) is 41.2 Å². The zero-order valence-corrected chi connectivity index (χ0v) is 13.1. The molecule has 7 heteroatoms. The van der Waals surface area contributed by atoms with Gasteiger partial charge in [-0.25, -0.2) is 0 Å². The van der Waals surface area contributed by atoms with Gasteiger partial charge in [0.1, 0.15) is 6.54 Å². The lowest BCUT2D eigenvalue weighted by Gasteiger charge is -2.16. The van der Waals surface area contributed by atoms with Crippen LogP contribution in [-0.4, -0.2) is 40.3 Å². The van der Waals surface area contributed by atoms with Crippen LogP contribution in [0.1, 0.15) is 23.2 Å². The average molecular weight is 326 g/mol. The SMILES string of the molecule is O=C(CN1CCCC1=O)NNC(=O)c1ccccc1-n1cccc1. The van der Waals surface area contributed by atoms with Crippen molar-refractivity contribution in [1.29, 1.82) is 0 Å². The zero-order chi connectivity index (χ0) is 16.9. The molecule has 0 atom stereocenters. The number of hydrogen-bond acceptors (Lipinski definition) is 3. The lowest BCUT2D eigenvalue weighted by atomic mass is 10.1. The molecular weight excluding hydrogens is 308 g/mol. The van der Waals surface area contributed by atoms with E-state index >= 15 is 0 Å². The Bertz CT molecular complexity index is 755. The molecule has 1 aliphatic rings. The lowest BCUT2D eigenvalue weighted by Crippen LogP contribution is -2.46. The fourth-order valence-corrected chi connectivity index (χ4v) is 2.66. The zero-order valence-electron chi connectivity index (χ0n) is 13.1. The van der Waals surface area contributed by atoms with Crippen molar-refractivity contribution < 1.29 is 14.4 Å². The largest absolute Gasteiger partial charge is 0.333 e. The number of likely N-dealkylation sites (tertiary alicyclic amines) is 1. The van der Waals surface area contributed by atoms with E-state index in [1.54, 1.807) is 12.1 Å². The molecule has 0 bridgehead atoms. The van der Waals surface area contributed by atoms with Gasteiger partial charge in [0.05, 0.1) is 11.3 Å². The maximum atomic E-state index is 12.3. The standard InChI is InChI=1S/C17H18N4O3/c22-15(12-21-11-5-8-16(21)23)18-19-17(24)13-6-1-2-7-14(13)20-9-3-4-10-20/h1-4,6-7,9-10H,5,8,11-12H2,(H,18,22)(H,19,24). The maximum absolute atomic E-state index is 12.3. The van der Waals surface area contributed by atoms with Gasteiger partial charge in [-0.15, -0.1) is 0 Å². The first kappa shape index (κ1) is 15.8. The molecule has 7 nitrogen and oxygen atoms in total. The van der Waals surface area contributed by atoms with Gasteiger partial charge >= 0.3 is 0 Å². The van der Waals surface area contributed by atoms with Gasteiger partial charge in [-0.3, -0.25) is 25.2 Å². The number of hydrazine groups is 1. The molecule has 3 amide bonds. The summed E-state index contributed by atoms with van der Waals surface area (Å²) in [5.41, 5.74) is 5.91. The van der Waals surface area contributed by atoms with Crippen molar-refractivity contribution in [3.8, 4) is 5.69 Å². The first-order valence-corrected chi connectivity index (χ1v) is 7.74. The van der Waals surface area contributed by atoms with E-state index in [9.17, 15) is 14.4 Å². The Hall–Kier alpha value is -3.09. The minimum Gasteiger partial charge on any atom is -0.333 e. The van der Waals surface area contributed by atoms with Crippen LogP contribution < -0.4 is 10.9 Å². The van der Waals surface area contributed by atoms with Gasteiger partial charge in [-0.05, 0) is 30.7 Å². The summed E-state index contributed by atoms with van der Waals surface area (Å²) in [5.74, 6) is -0.869. The second-order valence-electron chi connectivity index (χ2n) is 5.53. The Labute approximate surface area is 139 Å². The van der Waals surface area contributed by atoms with E-state index in [4.69, 9.17) is 0 Å². The molecule has 1 fully saturated rings. The third kappa shape index (κ3) is 3.45. The Balaban J connectivity index is 1.61. The Morgan fingerprint density at radius 2 is 1.79 bits per heavy atom. The fourth-order valence-electron chi connectivity index (χ4n) is 2.66. The monoisotopic (exact) mass is 326 g/mol. The van der Waals surface area contributed by atoms with E-state index in [0.29, 0.717) is 24.2 Å². The molecule has 24 heavy (non-hydrogen) atoms. The quantitative estimate of drug-likeness (QED) is 0.818. The molecule has 1 saturated heterocycles. The molecule has 2 aromatic rings. The van der Waals surface area contributed by atoms with Crippen molar-refractivity contribution in [2.24, 2.45) is 0 Å². The molecule has 0 unspecified atom stereocenters. The normalized spacial score (nSPS) is 13.8. The van der Waals surface area contributed by atoms with Crippen LogP contribution in [0.3, 0.4) is 0 Å². The second kappa shape index (κ2) is 6.99. The predicted octanol–water partition coefficient (Wildman–Crippen LogP) is 0.861. The number of carbonyl (C=O) groups is 3. The number of nitrogens with zero attached hydrogens (tertiary/aromatic N) is 2. The highest BCUT2D eigenvalue weighted by atomic mass is 16.2. The predicted molar refractivity (Wildman–Crippen MR) is 87.2 cm³/mol. The summed E-state index contributed by atoms with van der Waals surface area (Å²) in [5, 5.41) is 0.